The first-order valence-electron chi connectivity index (χ1n) is 7.28. The van der Waals surface area contributed by atoms with Crippen LogP contribution in [0, 0.1) is 0 Å². The number of aromatic nitrogens is 6. The second-order valence-corrected chi connectivity index (χ2v) is 5.22. The Morgan fingerprint density at radius 1 is 1.00 bits per heavy atom. The molecule has 112 valence electrons. The summed E-state index contributed by atoms with van der Waals surface area (Å²) in [5.74, 6) is 2.40. The van der Waals surface area contributed by atoms with E-state index in [2.05, 4.69) is 34.8 Å². The van der Waals surface area contributed by atoms with Gasteiger partial charge in [-0.15, -0.1) is 5.10 Å². The fraction of sp³-hybridized carbons (Fsp3) is 0.357. The lowest BCUT2D eigenvalue weighted by Crippen LogP contribution is -2.46. The van der Waals surface area contributed by atoms with E-state index in [1.807, 2.05) is 18.5 Å². The first-order chi connectivity index (χ1) is 10.9. The number of rotatable bonds is 3. The van der Waals surface area contributed by atoms with Crippen LogP contribution >= 0.6 is 0 Å². The quantitative estimate of drug-likeness (QED) is 0.685. The SMILES string of the molecule is c1cnc2nc(CN3CCN(c4cnccn4)CC3)nn2c1. The van der Waals surface area contributed by atoms with Crippen LogP contribution in [0.15, 0.2) is 37.1 Å². The Kier molecular flexibility index (Phi) is 3.36. The van der Waals surface area contributed by atoms with Crippen molar-refractivity contribution in [3.05, 3.63) is 42.9 Å². The maximum Gasteiger partial charge on any atom is 0.252 e. The third-order valence-corrected chi connectivity index (χ3v) is 3.77. The Morgan fingerprint density at radius 2 is 1.91 bits per heavy atom. The summed E-state index contributed by atoms with van der Waals surface area (Å²) >= 11 is 0. The average molecular weight is 296 g/mol. The maximum absolute atomic E-state index is 4.45. The third kappa shape index (κ3) is 2.60. The van der Waals surface area contributed by atoms with Gasteiger partial charge < -0.3 is 4.90 Å². The van der Waals surface area contributed by atoms with Crippen molar-refractivity contribution in [1.29, 1.82) is 0 Å². The summed E-state index contributed by atoms with van der Waals surface area (Å²) in [5, 5.41) is 4.45. The van der Waals surface area contributed by atoms with Crippen molar-refractivity contribution < 1.29 is 0 Å². The van der Waals surface area contributed by atoms with E-state index in [1.165, 1.54) is 0 Å². The van der Waals surface area contributed by atoms with Gasteiger partial charge in [0.25, 0.3) is 5.78 Å². The van der Waals surface area contributed by atoms with Crippen molar-refractivity contribution in [2.45, 2.75) is 6.54 Å². The topological polar surface area (TPSA) is 75.3 Å². The Hall–Kier alpha value is -2.61. The maximum atomic E-state index is 4.45. The summed E-state index contributed by atoms with van der Waals surface area (Å²) in [6.45, 7) is 4.53. The highest BCUT2D eigenvalue weighted by Gasteiger charge is 2.19. The monoisotopic (exact) mass is 296 g/mol. The van der Waals surface area contributed by atoms with E-state index in [0.29, 0.717) is 5.78 Å². The number of piperazine rings is 1. The van der Waals surface area contributed by atoms with E-state index >= 15 is 0 Å². The van der Waals surface area contributed by atoms with Gasteiger partial charge in [-0.2, -0.15) is 4.98 Å². The van der Waals surface area contributed by atoms with Gasteiger partial charge in [0.05, 0.1) is 12.7 Å². The van der Waals surface area contributed by atoms with E-state index in [9.17, 15) is 0 Å². The molecule has 1 saturated heterocycles. The van der Waals surface area contributed by atoms with Crippen LogP contribution in [0.1, 0.15) is 5.82 Å². The lowest BCUT2D eigenvalue weighted by Gasteiger charge is -2.34. The molecular weight excluding hydrogens is 280 g/mol. The highest BCUT2D eigenvalue weighted by molar-refractivity contribution is 5.35. The largest absolute Gasteiger partial charge is 0.353 e. The molecule has 8 heteroatoms. The van der Waals surface area contributed by atoms with Crippen LogP contribution in [0.4, 0.5) is 5.82 Å². The Balaban J connectivity index is 1.39. The summed E-state index contributed by atoms with van der Waals surface area (Å²) in [4.78, 5) is 21.7. The van der Waals surface area contributed by atoms with E-state index < -0.39 is 0 Å². The highest BCUT2D eigenvalue weighted by atomic mass is 15.3. The van der Waals surface area contributed by atoms with Gasteiger partial charge in [0.15, 0.2) is 5.82 Å². The number of nitrogens with zero attached hydrogens (tertiary/aromatic N) is 8. The van der Waals surface area contributed by atoms with Crippen molar-refractivity contribution >= 4 is 11.6 Å². The molecule has 3 aromatic heterocycles. The predicted octanol–water partition coefficient (Wildman–Crippen LogP) is 0.236. The van der Waals surface area contributed by atoms with Gasteiger partial charge in [-0.05, 0) is 6.07 Å². The van der Waals surface area contributed by atoms with Crippen molar-refractivity contribution in [2.24, 2.45) is 0 Å². The summed E-state index contributed by atoms with van der Waals surface area (Å²) in [5.41, 5.74) is 0. The van der Waals surface area contributed by atoms with Crippen LogP contribution in [0.2, 0.25) is 0 Å². The fourth-order valence-corrected chi connectivity index (χ4v) is 2.63. The number of anilines is 1. The zero-order valence-corrected chi connectivity index (χ0v) is 12.1. The molecule has 1 aliphatic rings. The predicted molar refractivity (Wildman–Crippen MR) is 80.3 cm³/mol. The van der Waals surface area contributed by atoms with Gasteiger partial charge in [0, 0.05) is 51.0 Å². The van der Waals surface area contributed by atoms with Crippen LogP contribution in [0.3, 0.4) is 0 Å². The minimum Gasteiger partial charge on any atom is -0.353 e. The lowest BCUT2D eigenvalue weighted by atomic mass is 10.3. The molecule has 1 aliphatic heterocycles. The van der Waals surface area contributed by atoms with Crippen molar-refractivity contribution in [3.63, 3.8) is 0 Å². The summed E-state index contributed by atoms with van der Waals surface area (Å²) in [6.07, 6.45) is 8.83. The molecule has 0 amide bonds. The molecule has 1 fully saturated rings. The van der Waals surface area contributed by atoms with Gasteiger partial charge >= 0.3 is 0 Å². The molecule has 22 heavy (non-hydrogen) atoms. The van der Waals surface area contributed by atoms with Gasteiger partial charge in [0.1, 0.15) is 5.82 Å². The van der Waals surface area contributed by atoms with E-state index in [1.54, 1.807) is 23.1 Å². The molecule has 3 aromatic rings. The van der Waals surface area contributed by atoms with Gasteiger partial charge in [-0.1, -0.05) is 0 Å². The van der Waals surface area contributed by atoms with Gasteiger partial charge in [-0.25, -0.2) is 14.5 Å². The fourth-order valence-electron chi connectivity index (χ4n) is 2.63. The van der Waals surface area contributed by atoms with E-state index in [-0.39, 0.29) is 0 Å². The first-order valence-corrected chi connectivity index (χ1v) is 7.28. The molecule has 0 saturated carbocycles. The molecule has 0 unspecified atom stereocenters. The van der Waals surface area contributed by atoms with Crippen molar-refractivity contribution in [2.75, 3.05) is 31.1 Å². The summed E-state index contributed by atoms with van der Waals surface area (Å²) < 4.78 is 1.71. The van der Waals surface area contributed by atoms with E-state index in [4.69, 9.17) is 0 Å². The third-order valence-electron chi connectivity index (χ3n) is 3.77. The second-order valence-electron chi connectivity index (χ2n) is 5.22. The first kappa shape index (κ1) is 13.1. The van der Waals surface area contributed by atoms with Gasteiger partial charge in [-0.3, -0.25) is 9.88 Å². The normalized spacial score (nSPS) is 16.3. The summed E-state index contributed by atoms with van der Waals surface area (Å²) in [6, 6.07) is 1.85. The summed E-state index contributed by atoms with van der Waals surface area (Å²) in [7, 11) is 0. The molecule has 0 bridgehead atoms. The van der Waals surface area contributed by atoms with Crippen molar-refractivity contribution in [3.8, 4) is 0 Å². The zero-order valence-electron chi connectivity index (χ0n) is 12.1. The molecule has 0 atom stereocenters. The van der Waals surface area contributed by atoms with Crippen molar-refractivity contribution in [1.82, 2.24) is 34.4 Å². The molecule has 0 spiro atoms. The zero-order chi connectivity index (χ0) is 14.8. The highest BCUT2D eigenvalue weighted by Crippen LogP contribution is 2.12. The molecule has 0 N–H and O–H groups in total. The van der Waals surface area contributed by atoms with Crippen LogP contribution in [-0.2, 0) is 6.54 Å². The van der Waals surface area contributed by atoms with Gasteiger partial charge in [0.2, 0.25) is 0 Å². The number of hydrogen-bond donors (Lipinski definition) is 0. The van der Waals surface area contributed by atoms with Crippen LogP contribution in [0.25, 0.3) is 5.78 Å². The lowest BCUT2D eigenvalue weighted by molar-refractivity contribution is 0.243. The molecule has 4 heterocycles. The minimum atomic E-state index is 0.649. The number of fused-ring (bicyclic) bond motifs is 1. The smallest absolute Gasteiger partial charge is 0.252 e. The van der Waals surface area contributed by atoms with Crippen LogP contribution in [0.5, 0.6) is 0 Å². The van der Waals surface area contributed by atoms with Crippen LogP contribution < -0.4 is 4.90 Å². The molecule has 0 radical (unpaired) electrons. The van der Waals surface area contributed by atoms with Crippen LogP contribution in [-0.4, -0.2) is 60.6 Å². The number of hydrogen-bond acceptors (Lipinski definition) is 7. The average Bonchev–Trinajstić information content (AvgIpc) is 2.98. The molecule has 8 nitrogen and oxygen atoms in total. The molecular formula is C14H16N8. The van der Waals surface area contributed by atoms with E-state index in [0.717, 1.165) is 44.4 Å². The Morgan fingerprint density at radius 3 is 2.68 bits per heavy atom. The second kappa shape index (κ2) is 5.64. The standard InChI is InChI=1S/C14H16N8/c1-2-17-14-18-12(19-22(14)5-1)11-20-6-8-21(9-7-20)13-10-15-3-4-16-13/h1-5,10H,6-9,11H2. The Labute approximate surface area is 127 Å². The minimum absolute atomic E-state index is 0.649. The molecule has 0 aromatic carbocycles. The molecule has 0 aliphatic carbocycles. The Bertz CT molecular complexity index is 715. The molecule has 4 rings (SSSR count).